The average molecular weight is 341 g/mol. The Labute approximate surface area is 147 Å². The number of pyridine rings is 1. The first-order chi connectivity index (χ1) is 12.0. The van der Waals surface area contributed by atoms with Gasteiger partial charge in [-0.1, -0.05) is 18.2 Å². The number of aromatic nitrogens is 1. The SMILES string of the molecule is COc1ccccc1CCNC(=O)c1cc(C(=O)NC(C)C)ccn1. The lowest BCUT2D eigenvalue weighted by molar-refractivity contribution is 0.0943. The Morgan fingerprint density at radius 1 is 1.16 bits per heavy atom. The molecule has 0 fully saturated rings. The van der Waals surface area contributed by atoms with Crippen LogP contribution in [0.1, 0.15) is 40.3 Å². The van der Waals surface area contributed by atoms with E-state index in [-0.39, 0.29) is 23.6 Å². The second-order valence-electron chi connectivity index (χ2n) is 5.88. The number of rotatable bonds is 7. The van der Waals surface area contributed by atoms with Crippen LogP contribution in [0.4, 0.5) is 0 Å². The first-order valence-electron chi connectivity index (χ1n) is 8.18. The van der Waals surface area contributed by atoms with Crippen LogP contribution < -0.4 is 15.4 Å². The number of hydrogen-bond acceptors (Lipinski definition) is 4. The number of ether oxygens (including phenoxy) is 1. The van der Waals surface area contributed by atoms with E-state index in [0.29, 0.717) is 18.5 Å². The molecule has 2 rings (SSSR count). The fourth-order valence-corrected chi connectivity index (χ4v) is 2.35. The molecule has 1 aromatic heterocycles. The molecular formula is C19H23N3O3. The monoisotopic (exact) mass is 341 g/mol. The van der Waals surface area contributed by atoms with E-state index in [1.807, 2.05) is 38.1 Å². The maximum Gasteiger partial charge on any atom is 0.269 e. The van der Waals surface area contributed by atoms with Gasteiger partial charge in [0, 0.05) is 24.3 Å². The van der Waals surface area contributed by atoms with E-state index in [1.54, 1.807) is 13.2 Å². The Kier molecular flexibility index (Phi) is 6.51. The highest BCUT2D eigenvalue weighted by molar-refractivity contribution is 5.98. The Morgan fingerprint density at radius 2 is 1.92 bits per heavy atom. The topological polar surface area (TPSA) is 80.3 Å². The molecule has 2 amide bonds. The molecule has 0 unspecified atom stereocenters. The summed E-state index contributed by atoms with van der Waals surface area (Å²) in [6.45, 7) is 4.21. The molecule has 0 spiro atoms. The average Bonchev–Trinajstić information content (AvgIpc) is 2.61. The Balaban J connectivity index is 1.96. The normalized spacial score (nSPS) is 10.4. The molecule has 0 saturated heterocycles. The highest BCUT2D eigenvalue weighted by Crippen LogP contribution is 2.17. The van der Waals surface area contributed by atoms with Crippen molar-refractivity contribution in [3.8, 4) is 5.75 Å². The van der Waals surface area contributed by atoms with Crippen molar-refractivity contribution in [3.63, 3.8) is 0 Å². The highest BCUT2D eigenvalue weighted by atomic mass is 16.5. The minimum absolute atomic E-state index is 0.0267. The summed E-state index contributed by atoms with van der Waals surface area (Å²) in [5.74, 6) is 0.261. The lowest BCUT2D eigenvalue weighted by Gasteiger charge is -2.10. The van der Waals surface area contributed by atoms with E-state index < -0.39 is 0 Å². The standard InChI is InChI=1S/C19H23N3O3/c1-13(2)22-18(23)15-9-10-20-16(12-15)19(24)21-11-8-14-6-4-5-7-17(14)25-3/h4-7,9-10,12-13H,8,11H2,1-3H3,(H,21,24)(H,22,23). The van der Waals surface area contributed by atoms with Crippen LogP contribution in [0.2, 0.25) is 0 Å². The third-order valence-electron chi connectivity index (χ3n) is 3.55. The highest BCUT2D eigenvalue weighted by Gasteiger charge is 2.12. The van der Waals surface area contributed by atoms with Crippen molar-refractivity contribution in [1.29, 1.82) is 0 Å². The zero-order valence-electron chi connectivity index (χ0n) is 14.7. The first-order valence-corrected chi connectivity index (χ1v) is 8.18. The molecule has 2 aromatic rings. The molecule has 6 heteroatoms. The van der Waals surface area contributed by atoms with Crippen LogP contribution in [-0.2, 0) is 6.42 Å². The maximum atomic E-state index is 12.2. The van der Waals surface area contributed by atoms with Gasteiger partial charge in [-0.2, -0.15) is 0 Å². The van der Waals surface area contributed by atoms with Crippen LogP contribution in [0, 0.1) is 0 Å². The third-order valence-corrected chi connectivity index (χ3v) is 3.55. The molecule has 6 nitrogen and oxygen atoms in total. The Morgan fingerprint density at radius 3 is 2.64 bits per heavy atom. The molecule has 1 aromatic carbocycles. The van der Waals surface area contributed by atoms with E-state index in [1.165, 1.54) is 12.3 Å². The van der Waals surface area contributed by atoms with Gasteiger partial charge in [0.25, 0.3) is 11.8 Å². The molecule has 0 bridgehead atoms. The zero-order valence-corrected chi connectivity index (χ0v) is 14.7. The van der Waals surface area contributed by atoms with Crippen molar-refractivity contribution < 1.29 is 14.3 Å². The van der Waals surface area contributed by atoms with Gasteiger partial charge < -0.3 is 15.4 Å². The Hall–Kier alpha value is -2.89. The summed E-state index contributed by atoms with van der Waals surface area (Å²) in [5, 5.41) is 5.61. The molecule has 0 saturated carbocycles. The molecule has 0 aliphatic rings. The van der Waals surface area contributed by atoms with Gasteiger partial charge in [0.15, 0.2) is 0 Å². The van der Waals surface area contributed by atoms with Crippen molar-refractivity contribution in [1.82, 2.24) is 15.6 Å². The second kappa shape index (κ2) is 8.82. The predicted molar refractivity (Wildman–Crippen MR) is 95.9 cm³/mol. The van der Waals surface area contributed by atoms with E-state index in [9.17, 15) is 9.59 Å². The van der Waals surface area contributed by atoms with Crippen LogP contribution in [0.25, 0.3) is 0 Å². The van der Waals surface area contributed by atoms with Crippen molar-refractivity contribution in [3.05, 3.63) is 59.4 Å². The lowest BCUT2D eigenvalue weighted by atomic mass is 10.1. The molecule has 25 heavy (non-hydrogen) atoms. The van der Waals surface area contributed by atoms with Gasteiger partial charge in [0.05, 0.1) is 7.11 Å². The molecule has 0 atom stereocenters. The van der Waals surface area contributed by atoms with Gasteiger partial charge >= 0.3 is 0 Å². The van der Waals surface area contributed by atoms with Gasteiger partial charge in [-0.3, -0.25) is 14.6 Å². The minimum atomic E-state index is -0.311. The number of nitrogens with zero attached hydrogens (tertiary/aromatic N) is 1. The molecule has 0 aliphatic heterocycles. The Bertz CT molecular complexity index is 744. The molecule has 2 N–H and O–H groups in total. The minimum Gasteiger partial charge on any atom is -0.496 e. The van der Waals surface area contributed by atoms with E-state index in [0.717, 1.165) is 11.3 Å². The molecule has 132 valence electrons. The summed E-state index contributed by atoms with van der Waals surface area (Å²) in [4.78, 5) is 28.3. The number of carbonyl (C=O) groups is 2. The number of hydrogen-bond donors (Lipinski definition) is 2. The number of amides is 2. The molecule has 1 heterocycles. The van der Waals surface area contributed by atoms with E-state index in [4.69, 9.17) is 4.74 Å². The van der Waals surface area contributed by atoms with Crippen molar-refractivity contribution in [2.45, 2.75) is 26.3 Å². The summed E-state index contributed by atoms with van der Waals surface area (Å²) in [6, 6.07) is 10.8. The fourth-order valence-electron chi connectivity index (χ4n) is 2.35. The van der Waals surface area contributed by atoms with Gasteiger partial charge in [-0.15, -0.1) is 0 Å². The first kappa shape index (κ1) is 18.4. The van der Waals surface area contributed by atoms with Crippen molar-refractivity contribution >= 4 is 11.8 Å². The largest absolute Gasteiger partial charge is 0.496 e. The molecular weight excluding hydrogens is 318 g/mol. The molecule has 0 aliphatic carbocycles. The van der Waals surface area contributed by atoms with Crippen LogP contribution in [0.15, 0.2) is 42.6 Å². The van der Waals surface area contributed by atoms with Crippen molar-refractivity contribution in [2.75, 3.05) is 13.7 Å². The van der Waals surface area contributed by atoms with Gasteiger partial charge in [-0.05, 0) is 44.0 Å². The van der Waals surface area contributed by atoms with Crippen LogP contribution in [0.5, 0.6) is 5.75 Å². The quantitative estimate of drug-likeness (QED) is 0.809. The summed E-state index contributed by atoms with van der Waals surface area (Å²) in [6.07, 6.45) is 2.10. The smallest absolute Gasteiger partial charge is 0.269 e. The zero-order chi connectivity index (χ0) is 18.2. The summed E-state index contributed by atoms with van der Waals surface area (Å²) in [7, 11) is 1.62. The number of methoxy groups -OCH3 is 1. The van der Waals surface area contributed by atoms with Crippen LogP contribution in [0.3, 0.4) is 0 Å². The van der Waals surface area contributed by atoms with Gasteiger partial charge in [0.1, 0.15) is 11.4 Å². The maximum absolute atomic E-state index is 12.2. The summed E-state index contributed by atoms with van der Waals surface area (Å²) < 4.78 is 5.29. The number of para-hydroxylation sites is 1. The lowest BCUT2D eigenvalue weighted by Crippen LogP contribution is -2.31. The van der Waals surface area contributed by atoms with E-state index >= 15 is 0 Å². The molecule has 0 radical (unpaired) electrons. The van der Waals surface area contributed by atoms with Crippen LogP contribution >= 0.6 is 0 Å². The predicted octanol–water partition coefficient (Wildman–Crippen LogP) is 2.20. The van der Waals surface area contributed by atoms with Crippen molar-refractivity contribution in [2.24, 2.45) is 0 Å². The summed E-state index contributed by atoms with van der Waals surface area (Å²) >= 11 is 0. The second-order valence-corrected chi connectivity index (χ2v) is 5.88. The number of benzene rings is 1. The fraction of sp³-hybridized carbons (Fsp3) is 0.316. The summed E-state index contributed by atoms with van der Waals surface area (Å²) in [5.41, 5.74) is 1.65. The van der Waals surface area contributed by atoms with Crippen LogP contribution in [-0.4, -0.2) is 36.5 Å². The van der Waals surface area contributed by atoms with Gasteiger partial charge in [0.2, 0.25) is 0 Å². The third kappa shape index (κ3) is 5.31. The van der Waals surface area contributed by atoms with E-state index in [2.05, 4.69) is 15.6 Å². The van der Waals surface area contributed by atoms with Gasteiger partial charge in [-0.25, -0.2) is 0 Å². The number of carbonyl (C=O) groups excluding carboxylic acids is 2. The number of nitrogens with one attached hydrogen (secondary N) is 2.